The van der Waals surface area contributed by atoms with Crippen LogP contribution in [0, 0.1) is 5.92 Å². The maximum atomic E-state index is 6.08. The highest BCUT2D eigenvalue weighted by atomic mass is 35.5. The summed E-state index contributed by atoms with van der Waals surface area (Å²) in [5.41, 5.74) is 0. The fourth-order valence-electron chi connectivity index (χ4n) is 1.68. The SMILES string of the molecule is CC1CC1c1nc(Cl)c2ccsc2n1. The average molecular weight is 225 g/mol. The molecule has 0 saturated heterocycles. The van der Waals surface area contributed by atoms with Gasteiger partial charge in [0.25, 0.3) is 0 Å². The Morgan fingerprint density at radius 3 is 3.00 bits per heavy atom. The quantitative estimate of drug-likeness (QED) is 0.694. The first-order valence-corrected chi connectivity index (χ1v) is 5.92. The highest BCUT2D eigenvalue weighted by Crippen LogP contribution is 2.46. The Balaban J connectivity index is 2.17. The standard InChI is InChI=1S/C10H9ClN2S/c1-5-4-7(5)9-12-8(11)6-2-3-14-10(6)13-9/h2-3,5,7H,4H2,1H3. The van der Waals surface area contributed by atoms with E-state index in [0.29, 0.717) is 11.1 Å². The highest BCUT2D eigenvalue weighted by Gasteiger charge is 2.37. The molecular weight excluding hydrogens is 216 g/mol. The van der Waals surface area contributed by atoms with Crippen LogP contribution in [0.25, 0.3) is 10.2 Å². The molecule has 2 heterocycles. The number of hydrogen-bond donors (Lipinski definition) is 0. The summed E-state index contributed by atoms with van der Waals surface area (Å²) in [5, 5.41) is 3.59. The van der Waals surface area contributed by atoms with Gasteiger partial charge in [-0.2, -0.15) is 0 Å². The van der Waals surface area contributed by atoms with Crippen molar-refractivity contribution >= 4 is 33.2 Å². The smallest absolute Gasteiger partial charge is 0.141 e. The monoisotopic (exact) mass is 224 g/mol. The Labute approximate surface area is 90.9 Å². The molecule has 1 saturated carbocycles. The van der Waals surface area contributed by atoms with Crippen molar-refractivity contribution in [3.63, 3.8) is 0 Å². The van der Waals surface area contributed by atoms with E-state index in [-0.39, 0.29) is 0 Å². The second-order valence-electron chi connectivity index (χ2n) is 3.83. The van der Waals surface area contributed by atoms with E-state index in [1.54, 1.807) is 11.3 Å². The molecular formula is C10H9ClN2S. The van der Waals surface area contributed by atoms with Crippen LogP contribution in [0.5, 0.6) is 0 Å². The molecule has 2 aromatic rings. The zero-order valence-corrected chi connectivity index (χ0v) is 9.27. The van der Waals surface area contributed by atoms with E-state index < -0.39 is 0 Å². The second-order valence-corrected chi connectivity index (χ2v) is 5.08. The van der Waals surface area contributed by atoms with Crippen LogP contribution in [0.4, 0.5) is 0 Å². The zero-order valence-electron chi connectivity index (χ0n) is 7.70. The molecule has 2 aromatic heterocycles. The van der Waals surface area contributed by atoms with Crippen molar-refractivity contribution in [2.45, 2.75) is 19.3 Å². The first-order valence-electron chi connectivity index (χ1n) is 4.66. The van der Waals surface area contributed by atoms with Gasteiger partial charge in [0.1, 0.15) is 15.8 Å². The van der Waals surface area contributed by atoms with Crippen molar-refractivity contribution in [1.29, 1.82) is 0 Å². The van der Waals surface area contributed by atoms with Crippen LogP contribution < -0.4 is 0 Å². The van der Waals surface area contributed by atoms with Gasteiger partial charge in [0.2, 0.25) is 0 Å². The molecule has 0 radical (unpaired) electrons. The lowest BCUT2D eigenvalue weighted by molar-refractivity contribution is 0.853. The second kappa shape index (κ2) is 2.91. The Morgan fingerprint density at radius 1 is 1.50 bits per heavy atom. The summed E-state index contributed by atoms with van der Waals surface area (Å²) in [6.45, 7) is 2.22. The van der Waals surface area contributed by atoms with E-state index in [0.717, 1.165) is 22.0 Å². The predicted octanol–water partition coefficient (Wildman–Crippen LogP) is 3.47. The minimum atomic E-state index is 0.541. The largest absolute Gasteiger partial charge is 0.222 e. The van der Waals surface area contributed by atoms with Crippen molar-refractivity contribution in [3.8, 4) is 0 Å². The Kier molecular flexibility index (Phi) is 1.79. The third kappa shape index (κ3) is 1.23. The zero-order chi connectivity index (χ0) is 9.71. The van der Waals surface area contributed by atoms with E-state index in [2.05, 4.69) is 16.9 Å². The third-order valence-corrected chi connectivity index (χ3v) is 3.83. The predicted molar refractivity (Wildman–Crippen MR) is 58.9 cm³/mol. The molecule has 0 amide bonds. The van der Waals surface area contributed by atoms with Crippen LogP contribution in [-0.2, 0) is 0 Å². The summed E-state index contributed by atoms with van der Waals surface area (Å²) in [6, 6.07) is 1.97. The van der Waals surface area contributed by atoms with Crippen molar-refractivity contribution in [3.05, 3.63) is 22.4 Å². The number of aromatic nitrogens is 2. The summed E-state index contributed by atoms with van der Waals surface area (Å²) in [7, 11) is 0. The number of thiophene rings is 1. The number of fused-ring (bicyclic) bond motifs is 1. The van der Waals surface area contributed by atoms with Crippen LogP contribution in [0.3, 0.4) is 0 Å². The Bertz CT molecular complexity index is 494. The van der Waals surface area contributed by atoms with Crippen molar-refractivity contribution in [2.24, 2.45) is 5.92 Å². The van der Waals surface area contributed by atoms with Crippen molar-refractivity contribution in [1.82, 2.24) is 9.97 Å². The van der Waals surface area contributed by atoms with Gasteiger partial charge < -0.3 is 0 Å². The molecule has 3 rings (SSSR count). The molecule has 1 fully saturated rings. The van der Waals surface area contributed by atoms with Gasteiger partial charge in [-0.3, -0.25) is 0 Å². The topological polar surface area (TPSA) is 25.8 Å². The summed E-state index contributed by atoms with van der Waals surface area (Å²) in [5.74, 6) is 2.19. The molecule has 2 atom stereocenters. The van der Waals surface area contributed by atoms with Crippen LogP contribution in [0.2, 0.25) is 5.15 Å². The summed E-state index contributed by atoms with van der Waals surface area (Å²) in [4.78, 5) is 9.89. The van der Waals surface area contributed by atoms with Gasteiger partial charge in [-0.15, -0.1) is 11.3 Å². The van der Waals surface area contributed by atoms with Gasteiger partial charge in [0.15, 0.2) is 0 Å². The minimum Gasteiger partial charge on any atom is -0.222 e. The van der Waals surface area contributed by atoms with E-state index in [4.69, 9.17) is 11.6 Å². The fraction of sp³-hybridized carbons (Fsp3) is 0.400. The van der Waals surface area contributed by atoms with Gasteiger partial charge in [-0.1, -0.05) is 18.5 Å². The van der Waals surface area contributed by atoms with Crippen LogP contribution in [-0.4, -0.2) is 9.97 Å². The van der Waals surface area contributed by atoms with Crippen LogP contribution in [0.15, 0.2) is 11.4 Å². The maximum absolute atomic E-state index is 6.08. The molecule has 72 valence electrons. The number of nitrogens with zero attached hydrogens (tertiary/aromatic N) is 2. The van der Waals surface area contributed by atoms with Crippen LogP contribution in [0.1, 0.15) is 25.1 Å². The maximum Gasteiger partial charge on any atom is 0.141 e. The van der Waals surface area contributed by atoms with E-state index in [1.807, 2.05) is 11.4 Å². The van der Waals surface area contributed by atoms with Crippen molar-refractivity contribution in [2.75, 3.05) is 0 Å². The van der Waals surface area contributed by atoms with E-state index in [1.165, 1.54) is 6.42 Å². The summed E-state index contributed by atoms with van der Waals surface area (Å²) < 4.78 is 0. The molecule has 0 N–H and O–H groups in total. The van der Waals surface area contributed by atoms with E-state index >= 15 is 0 Å². The van der Waals surface area contributed by atoms with Gasteiger partial charge in [-0.25, -0.2) is 9.97 Å². The number of halogens is 1. The Morgan fingerprint density at radius 2 is 2.29 bits per heavy atom. The molecule has 1 aliphatic rings. The molecule has 0 aromatic carbocycles. The molecule has 2 unspecified atom stereocenters. The molecule has 14 heavy (non-hydrogen) atoms. The van der Waals surface area contributed by atoms with Gasteiger partial charge in [0.05, 0.1) is 0 Å². The lowest BCUT2D eigenvalue weighted by atomic mass is 10.3. The molecule has 4 heteroatoms. The highest BCUT2D eigenvalue weighted by molar-refractivity contribution is 7.16. The lowest BCUT2D eigenvalue weighted by Crippen LogP contribution is -1.93. The first-order chi connectivity index (χ1) is 6.75. The van der Waals surface area contributed by atoms with Gasteiger partial charge in [0, 0.05) is 11.3 Å². The lowest BCUT2D eigenvalue weighted by Gasteiger charge is -1.98. The normalized spacial score (nSPS) is 25.6. The Hall–Kier alpha value is -0.670. The summed E-state index contributed by atoms with van der Waals surface area (Å²) in [6.07, 6.45) is 1.20. The van der Waals surface area contributed by atoms with Crippen LogP contribution >= 0.6 is 22.9 Å². The molecule has 0 bridgehead atoms. The van der Waals surface area contributed by atoms with Gasteiger partial charge >= 0.3 is 0 Å². The average Bonchev–Trinajstić information content (AvgIpc) is 2.71. The molecule has 2 nitrogen and oxygen atoms in total. The number of rotatable bonds is 1. The van der Waals surface area contributed by atoms with Gasteiger partial charge in [-0.05, 0) is 23.8 Å². The fourth-order valence-corrected chi connectivity index (χ4v) is 2.75. The minimum absolute atomic E-state index is 0.541. The number of hydrogen-bond acceptors (Lipinski definition) is 3. The van der Waals surface area contributed by atoms with E-state index in [9.17, 15) is 0 Å². The summed E-state index contributed by atoms with van der Waals surface area (Å²) >= 11 is 7.71. The first kappa shape index (κ1) is 8.62. The van der Waals surface area contributed by atoms with Crippen molar-refractivity contribution < 1.29 is 0 Å². The molecule has 0 spiro atoms. The third-order valence-electron chi connectivity index (χ3n) is 2.74. The molecule has 0 aliphatic heterocycles. The molecule has 1 aliphatic carbocycles.